The molecule has 0 unspecified atom stereocenters. The highest BCUT2D eigenvalue weighted by molar-refractivity contribution is 5.71. The highest BCUT2D eigenvalue weighted by Crippen LogP contribution is 2.35. The summed E-state index contributed by atoms with van der Waals surface area (Å²) in [5.74, 6) is 2.72. The van der Waals surface area contributed by atoms with E-state index in [1.807, 2.05) is 48.5 Å². The Hall–Kier alpha value is -4.12. The second kappa shape index (κ2) is 7.86. The lowest BCUT2D eigenvalue weighted by atomic mass is 10.0. The molecule has 4 rings (SSSR count). The molecule has 0 fully saturated rings. The number of nitrogens with two attached hydrogens (primary N) is 2. The molecule has 29 heavy (non-hydrogen) atoms. The van der Waals surface area contributed by atoms with E-state index < -0.39 is 0 Å². The molecule has 5 nitrogen and oxygen atoms in total. The summed E-state index contributed by atoms with van der Waals surface area (Å²) in [5.41, 5.74) is 14.3. The summed E-state index contributed by atoms with van der Waals surface area (Å²) in [6.07, 6.45) is 0. The average Bonchev–Trinajstić information content (AvgIpc) is 2.72. The summed E-state index contributed by atoms with van der Waals surface area (Å²) in [6.45, 7) is 0. The van der Waals surface area contributed by atoms with E-state index in [1.165, 1.54) is 0 Å². The summed E-state index contributed by atoms with van der Waals surface area (Å²) in [5, 5.41) is 10.5. The van der Waals surface area contributed by atoms with Crippen molar-refractivity contribution in [1.82, 2.24) is 0 Å². The van der Waals surface area contributed by atoms with E-state index in [0.717, 1.165) is 5.56 Å². The standard InChI is InChI=1S/C24H20N2O3/c25-17-3-9-20(10-4-17)28-19-7-1-16(2-8-19)23-14-13-22(15-24(23)27)29-21-11-5-18(26)6-12-21/h1-15,27H,25-26H2. The van der Waals surface area contributed by atoms with Crippen LogP contribution in [0.4, 0.5) is 11.4 Å². The summed E-state index contributed by atoms with van der Waals surface area (Å²) in [4.78, 5) is 0. The van der Waals surface area contributed by atoms with Crippen molar-refractivity contribution in [3.63, 3.8) is 0 Å². The van der Waals surface area contributed by atoms with Crippen LogP contribution in [0.5, 0.6) is 28.7 Å². The zero-order valence-electron chi connectivity index (χ0n) is 15.6. The van der Waals surface area contributed by atoms with Crippen molar-refractivity contribution in [1.29, 1.82) is 0 Å². The van der Waals surface area contributed by atoms with Gasteiger partial charge in [-0.05, 0) is 78.4 Å². The number of hydrogen-bond acceptors (Lipinski definition) is 5. The van der Waals surface area contributed by atoms with E-state index in [1.54, 1.807) is 42.5 Å². The third kappa shape index (κ3) is 4.42. The molecule has 0 saturated carbocycles. The van der Waals surface area contributed by atoms with Crippen LogP contribution in [0.1, 0.15) is 0 Å². The van der Waals surface area contributed by atoms with Crippen LogP contribution in [0.25, 0.3) is 11.1 Å². The van der Waals surface area contributed by atoms with E-state index in [-0.39, 0.29) is 5.75 Å². The Kier molecular flexibility index (Phi) is 4.95. The van der Waals surface area contributed by atoms with Gasteiger partial charge in [-0.15, -0.1) is 0 Å². The van der Waals surface area contributed by atoms with Gasteiger partial charge in [0.15, 0.2) is 0 Å². The molecule has 0 atom stereocenters. The molecule has 0 saturated heterocycles. The minimum Gasteiger partial charge on any atom is -0.507 e. The fourth-order valence-corrected chi connectivity index (χ4v) is 2.87. The Morgan fingerprint density at radius 2 is 0.931 bits per heavy atom. The predicted octanol–water partition coefficient (Wildman–Crippen LogP) is 5.81. The number of ether oxygens (including phenoxy) is 2. The van der Waals surface area contributed by atoms with Gasteiger partial charge in [0.2, 0.25) is 0 Å². The van der Waals surface area contributed by atoms with Crippen molar-refractivity contribution >= 4 is 11.4 Å². The van der Waals surface area contributed by atoms with Crippen molar-refractivity contribution in [3.05, 3.63) is 91.0 Å². The van der Waals surface area contributed by atoms with Crippen LogP contribution in [0.15, 0.2) is 91.0 Å². The maximum atomic E-state index is 10.5. The molecule has 0 aliphatic carbocycles. The lowest BCUT2D eigenvalue weighted by Crippen LogP contribution is -1.88. The number of phenols is 1. The van der Waals surface area contributed by atoms with Crippen LogP contribution in [0, 0.1) is 0 Å². The van der Waals surface area contributed by atoms with Crippen LogP contribution in [-0.2, 0) is 0 Å². The summed E-state index contributed by atoms with van der Waals surface area (Å²) >= 11 is 0. The molecule has 0 heterocycles. The van der Waals surface area contributed by atoms with Gasteiger partial charge in [-0.3, -0.25) is 0 Å². The SMILES string of the molecule is Nc1ccc(Oc2ccc(-c3ccc(Oc4ccc(N)cc4)cc3O)cc2)cc1. The first kappa shape index (κ1) is 18.3. The molecule has 0 aromatic heterocycles. The van der Waals surface area contributed by atoms with E-state index >= 15 is 0 Å². The lowest BCUT2D eigenvalue weighted by Gasteiger charge is -2.11. The minimum absolute atomic E-state index is 0.130. The average molecular weight is 384 g/mol. The highest BCUT2D eigenvalue weighted by Gasteiger charge is 2.08. The predicted molar refractivity (Wildman–Crippen MR) is 115 cm³/mol. The lowest BCUT2D eigenvalue weighted by molar-refractivity contribution is 0.456. The van der Waals surface area contributed by atoms with Crippen molar-refractivity contribution in [2.75, 3.05) is 11.5 Å². The van der Waals surface area contributed by atoms with Crippen LogP contribution in [0.2, 0.25) is 0 Å². The minimum atomic E-state index is 0.130. The number of hydrogen-bond donors (Lipinski definition) is 3. The molecule has 5 heteroatoms. The van der Waals surface area contributed by atoms with Crippen LogP contribution in [-0.4, -0.2) is 5.11 Å². The van der Waals surface area contributed by atoms with Crippen molar-refractivity contribution < 1.29 is 14.6 Å². The van der Waals surface area contributed by atoms with E-state index in [4.69, 9.17) is 20.9 Å². The molecule has 0 bridgehead atoms. The van der Waals surface area contributed by atoms with Gasteiger partial charge in [0.25, 0.3) is 0 Å². The number of benzene rings is 4. The second-order valence-electron chi connectivity index (χ2n) is 6.55. The molecule has 0 aliphatic heterocycles. The molecule has 0 amide bonds. The van der Waals surface area contributed by atoms with Gasteiger partial charge in [-0.25, -0.2) is 0 Å². The van der Waals surface area contributed by atoms with Crippen LogP contribution in [0.3, 0.4) is 0 Å². The Morgan fingerprint density at radius 3 is 1.41 bits per heavy atom. The fraction of sp³-hybridized carbons (Fsp3) is 0. The number of aromatic hydroxyl groups is 1. The maximum Gasteiger partial charge on any atom is 0.131 e. The first-order chi connectivity index (χ1) is 14.1. The largest absolute Gasteiger partial charge is 0.507 e. The van der Waals surface area contributed by atoms with Gasteiger partial charge in [0, 0.05) is 23.0 Å². The zero-order chi connectivity index (χ0) is 20.2. The smallest absolute Gasteiger partial charge is 0.131 e. The van der Waals surface area contributed by atoms with Gasteiger partial charge >= 0.3 is 0 Å². The number of rotatable bonds is 5. The van der Waals surface area contributed by atoms with Crippen LogP contribution < -0.4 is 20.9 Å². The number of phenolic OH excluding ortho intramolecular Hbond substituents is 1. The summed E-state index contributed by atoms with van der Waals surface area (Å²) < 4.78 is 11.6. The molecule has 0 radical (unpaired) electrons. The molecule has 0 aliphatic rings. The van der Waals surface area contributed by atoms with E-state index in [9.17, 15) is 5.11 Å². The maximum absolute atomic E-state index is 10.5. The molecule has 144 valence electrons. The molecule has 4 aromatic carbocycles. The Balaban J connectivity index is 1.49. The third-order valence-corrected chi connectivity index (χ3v) is 4.37. The Bertz CT molecular complexity index is 1110. The molecule has 5 N–H and O–H groups in total. The molecule has 4 aromatic rings. The normalized spacial score (nSPS) is 10.5. The Morgan fingerprint density at radius 1 is 0.517 bits per heavy atom. The third-order valence-electron chi connectivity index (χ3n) is 4.37. The van der Waals surface area contributed by atoms with Gasteiger partial charge in [0.1, 0.15) is 28.7 Å². The van der Waals surface area contributed by atoms with Crippen molar-refractivity contribution in [3.8, 4) is 39.9 Å². The molecule has 0 spiro atoms. The van der Waals surface area contributed by atoms with Crippen LogP contribution >= 0.6 is 0 Å². The monoisotopic (exact) mass is 384 g/mol. The molecular formula is C24H20N2O3. The van der Waals surface area contributed by atoms with Crippen molar-refractivity contribution in [2.24, 2.45) is 0 Å². The van der Waals surface area contributed by atoms with Gasteiger partial charge in [-0.2, -0.15) is 0 Å². The summed E-state index contributed by atoms with van der Waals surface area (Å²) in [6, 6.07) is 27.0. The second-order valence-corrected chi connectivity index (χ2v) is 6.55. The first-order valence-electron chi connectivity index (χ1n) is 9.07. The van der Waals surface area contributed by atoms with Gasteiger partial charge in [-0.1, -0.05) is 12.1 Å². The topological polar surface area (TPSA) is 90.7 Å². The van der Waals surface area contributed by atoms with Gasteiger partial charge in [0.05, 0.1) is 0 Å². The van der Waals surface area contributed by atoms with Crippen molar-refractivity contribution in [2.45, 2.75) is 0 Å². The quantitative estimate of drug-likeness (QED) is 0.378. The zero-order valence-corrected chi connectivity index (χ0v) is 15.6. The fourth-order valence-electron chi connectivity index (χ4n) is 2.87. The van der Waals surface area contributed by atoms with Gasteiger partial charge < -0.3 is 26.0 Å². The Labute approximate surface area is 168 Å². The number of anilines is 2. The number of nitrogen functional groups attached to an aromatic ring is 2. The first-order valence-corrected chi connectivity index (χ1v) is 9.07. The molecular weight excluding hydrogens is 364 g/mol. The highest BCUT2D eigenvalue weighted by atomic mass is 16.5. The van der Waals surface area contributed by atoms with E-state index in [0.29, 0.717) is 39.9 Å². The summed E-state index contributed by atoms with van der Waals surface area (Å²) in [7, 11) is 0. The van der Waals surface area contributed by atoms with E-state index in [2.05, 4.69) is 0 Å².